The van der Waals surface area contributed by atoms with E-state index in [4.69, 9.17) is 0 Å². The van der Waals surface area contributed by atoms with Gasteiger partial charge in [0.2, 0.25) is 0 Å². The molecule has 0 radical (unpaired) electrons. The standard InChI is InChI=1S/C15H14BrNOS/c1-10-7-11(9-12(16)8-10)15(18)17-13-5-3-4-6-14(13)19-2/h3-9H,1-2H3,(H,17,18). The summed E-state index contributed by atoms with van der Waals surface area (Å²) in [5, 5.41) is 2.95. The largest absolute Gasteiger partial charge is 0.321 e. The molecule has 19 heavy (non-hydrogen) atoms. The molecule has 0 spiro atoms. The van der Waals surface area contributed by atoms with Crippen molar-refractivity contribution >= 4 is 39.3 Å². The van der Waals surface area contributed by atoms with E-state index in [1.54, 1.807) is 11.8 Å². The number of rotatable bonds is 3. The van der Waals surface area contributed by atoms with Crippen molar-refractivity contribution < 1.29 is 4.79 Å². The van der Waals surface area contributed by atoms with E-state index >= 15 is 0 Å². The molecule has 0 heterocycles. The van der Waals surface area contributed by atoms with Crippen molar-refractivity contribution in [2.45, 2.75) is 11.8 Å². The number of anilines is 1. The van der Waals surface area contributed by atoms with E-state index in [1.807, 2.05) is 55.6 Å². The summed E-state index contributed by atoms with van der Waals surface area (Å²) >= 11 is 5.03. The second-order valence-electron chi connectivity index (χ2n) is 4.17. The van der Waals surface area contributed by atoms with Gasteiger partial charge in [-0.25, -0.2) is 0 Å². The lowest BCUT2D eigenvalue weighted by atomic mass is 10.1. The van der Waals surface area contributed by atoms with Crippen LogP contribution < -0.4 is 5.32 Å². The molecule has 0 aromatic heterocycles. The Hall–Kier alpha value is -1.26. The van der Waals surface area contributed by atoms with Gasteiger partial charge >= 0.3 is 0 Å². The molecule has 2 nitrogen and oxygen atoms in total. The summed E-state index contributed by atoms with van der Waals surface area (Å²) in [5.41, 5.74) is 2.55. The van der Waals surface area contributed by atoms with E-state index in [-0.39, 0.29) is 5.91 Å². The summed E-state index contributed by atoms with van der Waals surface area (Å²) in [7, 11) is 0. The van der Waals surface area contributed by atoms with Crippen molar-refractivity contribution in [3.63, 3.8) is 0 Å². The van der Waals surface area contributed by atoms with Gasteiger partial charge in [0, 0.05) is 14.9 Å². The molecule has 1 N–H and O–H groups in total. The quantitative estimate of drug-likeness (QED) is 0.821. The van der Waals surface area contributed by atoms with Crippen molar-refractivity contribution in [3.8, 4) is 0 Å². The molecule has 0 aliphatic heterocycles. The highest BCUT2D eigenvalue weighted by atomic mass is 79.9. The first-order chi connectivity index (χ1) is 9.10. The summed E-state index contributed by atoms with van der Waals surface area (Å²) < 4.78 is 0.913. The summed E-state index contributed by atoms with van der Waals surface area (Å²) in [6.07, 6.45) is 1.99. The summed E-state index contributed by atoms with van der Waals surface area (Å²) in [5.74, 6) is -0.0918. The zero-order valence-electron chi connectivity index (χ0n) is 10.7. The van der Waals surface area contributed by atoms with Gasteiger partial charge in [0.25, 0.3) is 5.91 Å². The van der Waals surface area contributed by atoms with Crippen LogP contribution in [0.1, 0.15) is 15.9 Å². The molecule has 0 unspecified atom stereocenters. The Morgan fingerprint density at radius 1 is 1.21 bits per heavy atom. The summed E-state index contributed by atoms with van der Waals surface area (Å²) in [4.78, 5) is 13.3. The van der Waals surface area contributed by atoms with E-state index in [0.717, 1.165) is 20.6 Å². The molecule has 98 valence electrons. The highest BCUT2D eigenvalue weighted by Crippen LogP contribution is 2.25. The molecular weight excluding hydrogens is 322 g/mol. The van der Waals surface area contributed by atoms with Crippen molar-refractivity contribution in [1.29, 1.82) is 0 Å². The fourth-order valence-corrected chi connectivity index (χ4v) is 2.97. The van der Waals surface area contributed by atoms with E-state index < -0.39 is 0 Å². The normalized spacial score (nSPS) is 10.3. The van der Waals surface area contributed by atoms with Gasteiger partial charge in [-0.15, -0.1) is 11.8 Å². The van der Waals surface area contributed by atoms with Crippen LogP contribution in [0.5, 0.6) is 0 Å². The number of carbonyl (C=O) groups is 1. The molecule has 2 aromatic rings. The lowest BCUT2D eigenvalue weighted by Gasteiger charge is -2.10. The van der Waals surface area contributed by atoms with Gasteiger partial charge in [0.15, 0.2) is 0 Å². The molecule has 0 fully saturated rings. The highest BCUT2D eigenvalue weighted by molar-refractivity contribution is 9.10. The van der Waals surface area contributed by atoms with Crippen LogP contribution in [0.2, 0.25) is 0 Å². The number of benzene rings is 2. The molecular formula is C15H14BrNOS. The zero-order valence-corrected chi connectivity index (χ0v) is 13.1. The number of aryl methyl sites for hydroxylation is 1. The average molecular weight is 336 g/mol. The number of halogens is 1. The number of hydrogen-bond acceptors (Lipinski definition) is 2. The predicted octanol–water partition coefficient (Wildman–Crippen LogP) is 4.73. The molecule has 0 atom stereocenters. The van der Waals surface area contributed by atoms with Crippen LogP contribution >= 0.6 is 27.7 Å². The Labute approximate surface area is 125 Å². The summed E-state index contributed by atoms with van der Waals surface area (Å²) in [6, 6.07) is 13.5. The van der Waals surface area contributed by atoms with Gasteiger partial charge in [0.05, 0.1) is 5.69 Å². The first-order valence-electron chi connectivity index (χ1n) is 5.81. The number of thioether (sulfide) groups is 1. The Morgan fingerprint density at radius 3 is 2.63 bits per heavy atom. The number of para-hydroxylation sites is 1. The molecule has 2 rings (SSSR count). The molecule has 1 amide bonds. The van der Waals surface area contributed by atoms with E-state index in [1.165, 1.54) is 0 Å². The summed E-state index contributed by atoms with van der Waals surface area (Å²) in [6.45, 7) is 1.97. The van der Waals surface area contributed by atoms with Gasteiger partial charge in [-0.1, -0.05) is 28.1 Å². The molecule has 0 saturated heterocycles. The zero-order chi connectivity index (χ0) is 13.8. The number of nitrogens with one attached hydrogen (secondary N) is 1. The second-order valence-corrected chi connectivity index (χ2v) is 5.94. The molecule has 0 saturated carbocycles. The maximum atomic E-state index is 12.2. The minimum Gasteiger partial charge on any atom is -0.321 e. The molecule has 2 aromatic carbocycles. The molecule has 0 aliphatic carbocycles. The second kappa shape index (κ2) is 6.26. The Morgan fingerprint density at radius 2 is 1.95 bits per heavy atom. The van der Waals surface area contributed by atoms with Crippen LogP contribution in [0, 0.1) is 6.92 Å². The number of hydrogen-bond donors (Lipinski definition) is 1. The Bertz CT molecular complexity index is 593. The first-order valence-corrected chi connectivity index (χ1v) is 7.83. The van der Waals surface area contributed by atoms with Crippen molar-refractivity contribution in [3.05, 3.63) is 58.1 Å². The van der Waals surface area contributed by atoms with Gasteiger partial charge in [-0.3, -0.25) is 4.79 Å². The monoisotopic (exact) mass is 335 g/mol. The Kier molecular flexibility index (Phi) is 4.66. The fraction of sp³-hybridized carbons (Fsp3) is 0.133. The lowest BCUT2D eigenvalue weighted by molar-refractivity contribution is 0.102. The molecule has 0 aliphatic rings. The smallest absolute Gasteiger partial charge is 0.255 e. The van der Waals surface area contributed by atoms with Crippen molar-refractivity contribution in [1.82, 2.24) is 0 Å². The third kappa shape index (κ3) is 3.61. The van der Waals surface area contributed by atoms with Crippen LogP contribution in [-0.2, 0) is 0 Å². The average Bonchev–Trinajstić information content (AvgIpc) is 2.38. The third-order valence-corrected chi connectivity index (χ3v) is 3.91. The molecule has 4 heteroatoms. The predicted molar refractivity (Wildman–Crippen MR) is 85.1 cm³/mol. The van der Waals surface area contributed by atoms with E-state index in [0.29, 0.717) is 5.56 Å². The maximum Gasteiger partial charge on any atom is 0.255 e. The van der Waals surface area contributed by atoms with E-state index in [9.17, 15) is 4.79 Å². The maximum absolute atomic E-state index is 12.2. The highest BCUT2D eigenvalue weighted by Gasteiger charge is 2.09. The molecule has 0 bridgehead atoms. The number of amides is 1. The topological polar surface area (TPSA) is 29.1 Å². The SMILES string of the molecule is CSc1ccccc1NC(=O)c1cc(C)cc(Br)c1. The van der Waals surface area contributed by atoms with Crippen molar-refractivity contribution in [2.24, 2.45) is 0 Å². The fourth-order valence-electron chi connectivity index (χ4n) is 1.81. The first kappa shape index (κ1) is 14.2. The van der Waals surface area contributed by atoms with Gasteiger partial charge < -0.3 is 5.32 Å². The van der Waals surface area contributed by atoms with Crippen LogP contribution in [-0.4, -0.2) is 12.2 Å². The van der Waals surface area contributed by atoms with E-state index in [2.05, 4.69) is 21.2 Å². The van der Waals surface area contributed by atoms with Crippen molar-refractivity contribution in [2.75, 3.05) is 11.6 Å². The van der Waals surface area contributed by atoms with Gasteiger partial charge in [-0.05, 0) is 49.1 Å². The third-order valence-electron chi connectivity index (χ3n) is 2.66. The lowest BCUT2D eigenvalue weighted by Crippen LogP contribution is -2.12. The van der Waals surface area contributed by atoms with Crippen LogP contribution in [0.15, 0.2) is 51.8 Å². The van der Waals surface area contributed by atoms with Crippen LogP contribution in [0.25, 0.3) is 0 Å². The Balaban J connectivity index is 2.25. The minimum atomic E-state index is -0.0918. The number of carbonyl (C=O) groups excluding carboxylic acids is 1. The van der Waals surface area contributed by atoms with Crippen LogP contribution in [0.4, 0.5) is 5.69 Å². The van der Waals surface area contributed by atoms with Gasteiger partial charge in [0.1, 0.15) is 0 Å². The van der Waals surface area contributed by atoms with Crippen LogP contribution in [0.3, 0.4) is 0 Å². The van der Waals surface area contributed by atoms with Gasteiger partial charge in [-0.2, -0.15) is 0 Å². The minimum absolute atomic E-state index is 0.0918.